The van der Waals surface area contributed by atoms with Gasteiger partial charge in [-0.05, 0) is 55.2 Å². The summed E-state index contributed by atoms with van der Waals surface area (Å²) in [5.74, 6) is -3.61. The largest absolute Gasteiger partial charge is 0.481 e. The van der Waals surface area contributed by atoms with E-state index in [0.717, 1.165) is 0 Å². The number of ketones is 2. The minimum absolute atomic E-state index is 0.0182. The topological polar surface area (TPSA) is 132 Å². The Bertz CT molecular complexity index is 896. The number of hydrogen-bond acceptors (Lipinski definition) is 6. The molecular weight excluding hydrogens is 407 g/mol. The zero-order valence-electron chi connectivity index (χ0n) is 17.6. The number of carbonyl (C=O) groups is 3. The molecule has 4 aliphatic rings. The summed E-state index contributed by atoms with van der Waals surface area (Å²) in [6.45, 7) is 3.50. The van der Waals surface area contributed by atoms with Gasteiger partial charge in [0.25, 0.3) is 0 Å². The Balaban J connectivity index is 1.71. The molecule has 4 aliphatic carbocycles. The van der Waals surface area contributed by atoms with Crippen LogP contribution in [0.3, 0.4) is 0 Å². The van der Waals surface area contributed by atoms with E-state index in [1.165, 1.54) is 12.2 Å². The highest BCUT2D eigenvalue weighted by molar-refractivity contribution is 6.01. The van der Waals surface area contributed by atoms with E-state index in [4.69, 9.17) is 5.11 Å². The van der Waals surface area contributed by atoms with Crippen LogP contribution in [0.15, 0.2) is 23.8 Å². The monoisotopic (exact) mass is 436 g/mol. The van der Waals surface area contributed by atoms with Crippen LogP contribution in [0.2, 0.25) is 0 Å². The molecule has 8 heteroatoms. The third-order valence-electron chi connectivity index (χ3n) is 8.71. The second-order valence-electron chi connectivity index (χ2n) is 10.2. The fourth-order valence-electron chi connectivity index (χ4n) is 7.28. The molecule has 0 spiro atoms. The summed E-state index contributed by atoms with van der Waals surface area (Å²) in [7, 11) is 0. The van der Waals surface area contributed by atoms with E-state index in [-0.39, 0.29) is 42.8 Å². The van der Waals surface area contributed by atoms with Crippen LogP contribution in [0.4, 0.5) is 4.39 Å². The highest BCUT2D eigenvalue weighted by Gasteiger charge is 2.69. The molecule has 170 valence electrons. The maximum atomic E-state index is 15.3. The number of aliphatic carboxylic acids is 1. The van der Waals surface area contributed by atoms with Gasteiger partial charge in [0.1, 0.15) is 17.9 Å². The molecule has 7 nitrogen and oxygen atoms in total. The second-order valence-corrected chi connectivity index (χ2v) is 10.2. The number of allylic oxidation sites excluding steroid dienone is 4. The lowest BCUT2D eigenvalue weighted by atomic mass is 9.46. The van der Waals surface area contributed by atoms with Gasteiger partial charge in [0, 0.05) is 16.7 Å². The van der Waals surface area contributed by atoms with Gasteiger partial charge in [-0.3, -0.25) is 14.4 Å². The second kappa shape index (κ2) is 7.05. The Hall–Kier alpha value is -1.90. The van der Waals surface area contributed by atoms with E-state index in [0.29, 0.717) is 12.0 Å². The Kier molecular flexibility index (Phi) is 5.07. The normalized spacial score (nSPS) is 47.1. The van der Waals surface area contributed by atoms with Crippen LogP contribution in [0, 0.1) is 28.6 Å². The smallest absolute Gasteiger partial charge is 0.306 e. The van der Waals surface area contributed by atoms with Gasteiger partial charge in [-0.1, -0.05) is 19.9 Å². The molecule has 0 heterocycles. The molecule has 4 rings (SSSR count). The van der Waals surface area contributed by atoms with E-state index < -0.39 is 53.0 Å². The highest BCUT2D eigenvalue weighted by Crippen LogP contribution is 2.67. The number of Topliss-reactive ketones (excluding diaryl/α,β-unsaturated/α-hetero) is 1. The van der Waals surface area contributed by atoms with Crippen molar-refractivity contribution >= 4 is 17.5 Å². The number of fused-ring (bicyclic) bond motifs is 5. The molecule has 31 heavy (non-hydrogen) atoms. The molecule has 0 aromatic carbocycles. The zero-order chi connectivity index (χ0) is 22.9. The van der Waals surface area contributed by atoms with Crippen LogP contribution >= 0.6 is 0 Å². The number of halogens is 1. The van der Waals surface area contributed by atoms with Crippen molar-refractivity contribution in [3.63, 3.8) is 0 Å². The van der Waals surface area contributed by atoms with Crippen molar-refractivity contribution < 1.29 is 39.2 Å². The fourth-order valence-corrected chi connectivity index (χ4v) is 7.28. The van der Waals surface area contributed by atoms with Crippen LogP contribution < -0.4 is 0 Å². The van der Waals surface area contributed by atoms with Crippen molar-refractivity contribution in [2.45, 2.75) is 69.9 Å². The first-order chi connectivity index (χ1) is 14.3. The van der Waals surface area contributed by atoms with Crippen LogP contribution in [-0.2, 0) is 14.4 Å². The number of hydrogen-bond donors (Lipinski definition) is 4. The number of carbonyl (C=O) groups excluding carboxylic acids is 2. The molecule has 0 aromatic rings. The summed E-state index contributed by atoms with van der Waals surface area (Å²) in [6.07, 6.45) is -0.0791. The van der Waals surface area contributed by atoms with Gasteiger partial charge < -0.3 is 20.4 Å². The molecule has 4 N–H and O–H groups in total. The lowest BCUT2D eigenvalue weighted by molar-refractivity contribution is -0.185. The van der Waals surface area contributed by atoms with Gasteiger partial charge in [-0.15, -0.1) is 0 Å². The van der Waals surface area contributed by atoms with Crippen molar-refractivity contribution in [1.82, 2.24) is 0 Å². The number of carboxylic acid groups (broad SMARTS) is 1. The number of aliphatic hydroxyl groups excluding tert-OH is 2. The maximum absolute atomic E-state index is 15.3. The van der Waals surface area contributed by atoms with Crippen LogP contribution in [0.1, 0.15) is 46.0 Å². The molecule has 3 saturated carbocycles. The quantitative estimate of drug-likeness (QED) is 0.523. The first-order valence-electron chi connectivity index (χ1n) is 10.8. The zero-order valence-corrected chi connectivity index (χ0v) is 17.6. The standard InChI is InChI=1S/C23H29FO7/c1-21-5-3-11(25)7-14(21)15(24)8-12-13-4-6-23(31,20(30)16(26)9-18(28)29)22(13,2)10-17(27)19(12)21/h3,5,7,12-13,15-17,19,26-27,31H,4,6,8-10H2,1-2H3,(H,28,29)/t12-,13-,15-,16?,17-,19+,21-,22-,23-/m0/s1. The van der Waals surface area contributed by atoms with E-state index in [9.17, 15) is 29.7 Å². The molecule has 0 amide bonds. The first-order valence-corrected chi connectivity index (χ1v) is 10.8. The predicted molar refractivity (Wildman–Crippen MR) is 107 cm³/mol. The van der Waals surface area contributed by atoms with Gasteiger partial charge in [0.05, 0.1) is 12.5 Å². The number of carboxylic acids is 1. The van der Waals surface area contributed by atoms with Crippen LogP contribution in [0.5, 0.6) is 0 Å². The van der Waals surface area contributed by atoms with E-state index in [1.54, 1.807) is 13.0 Å². The Morgan fingerprint density at radius 1 is 1.32 bits per heavy atom. The lowest BCUT2D eigenvalue weighted by Crippen LogP contribution is -2.63. The molecule has 1 unspecified atom stereocenters. The minimum atomic E-state index is -2.00. The van der Waals surface area contributed by atoms with E-state index in [2.05, 4.69) is 0 Å². The van der Waals surface area contributed by atoms with E-state index >= 15 is 4.39 Å². The highest BCUT2D eigenvalue weighted by atomic mass is 19.1. The van der Waals surface area contributed by atoms with Crippen molar-refractivity contribution in [2.24, 2.45) is 28.6 Å². The Morgan fingerprint density at radius 2 is 2.00 bits per heavy atom. The van der Waals surface area contributed by atoms with Crippen molar-refractivity contribution in [3.05, 3.63) is 23.8 Å². The molecule has 3 fully saturated rings. The predicted octanol–water partition coefficient (Wildman–Crippen LogP) is 1.35. The van der Waals surface area contributed by atoms with Crippen LogP contribution in [-0.4, -0.2) is 61.9 Å². The van der Waals surface area contributed by atoms with Crippen molar-refractivity contribution in [3.8, 4) is 0 Å². The molecule has 0 radical (unpaired) electrons. The van der Waals surface area contributed by atoms with Crippen molar-refractivity contribution in [1.29, 1.82) is 0 Å². The molecule has 9 atom stereocenters. The molecular formula is C23H29FO7. The SMILES string of the molecule is C[C@]12C=CC(=O)C=C1[C@@H](F)C[C@@H]1[C@@H]2[C@@H](O)C[C@@]2(C)[C@H]1CC[C@]2(O)C(=O)C(O)CC(=O)O. The molecule has 0 aliphatic heterocycles. The van der Waals surface area contributed by atoms with Gasteiger partial charge in [-0.25, -0.2) is 4.39 Å². The summed E-state index contributed by atoms with van der Waals surface area (Å²) in [6, 6.07) is 0. The summed E-state index contributed by atoms with van der Waals surface area (Å²) in [5, 5.41) is 41.7. The number of rotatable bonds is 4. The van der Waals surface area contributed by atoms with Crippen molar-refractivity contribution in [2.75, 3.05) is 0 Å². The summed E-state index contributed by atoms with van der Waals surface area (Å²) < 4.78 is 15.3. The average Bonchev–Trinajstić information content (AvgIpc) is 2.93. The summed E-state index contributed by atoms with van der Waals surface area (Å²) >= 11 is 0. The first kappa shape index (κ1) is 22.3. The minimum Gasteiger partial charge on any atom is -0.481 e. The van der Waals surface area contributed by atoms with Gasteiger partial charge >= 0.3 is 5.97 Å². The lowest BCUT2D eigenvalue weighted by Gasteiger charge is -2.60. The average molecular weight is 436 g/mol. The summed E-state index contributed by atoms with van der Waals surface area (Å²) in [5.41, 5.74) is -3.61. The Morgan fingerprint density at radius 3 is 2.65 bits per heavy atom. The van der Waals surface area contributed by atoms with Gasteiger partial charge in [0.2, 0.25) is 0 Å². The maximum Gasteiger partial charge on any atom is 0.306 e. The van der Waals surface area contributed by atoms with Gasteiger partial charge in [0.15, 0.2) is 11.6 Å². The van der Waals surface area contributed by atoms with Gasteiger partial charge in [-0.2, -0.15) is 0 Å². The van der Waals surface area contributed by atoms with Crippen LogP contribution in [0.25, 0.3) is 0 Å². The summed E-state index contributed by atoms with van der Waals surface area (Å²) in [4.78, 5) is 35.8. The molecule has 0 bridgehead atoms. The van der Waals surface area contributed by atoms with E-state index in [1.807, 2.05) is 6.92 Å². The Labute approximate surface area is 179 Å². The third-order valence-corrected chi connectivity index (χ3v) is 8.71. The number of alkyl halides is 1. The third kappa shape index (κ3) is 2.98. The molecule has 0 saturated heterocycles. The fraction of sp³-hybridized carbons (Fsp3) is 0.696. The number of aliphatic hydroxyl groups is 3. The molecule has 0 aromatic heterocycles.